The predicted molar refractivity (Wildman–Crippen MR) is 85.6 cm³/mol. The van der Waals surface area contributed by atoms with E-state index in [-0.39, 0.29) is 5.38 Å². The third-order valence-corrected chi connectivity index (χ3v) is 4.13. The van der Waals surface area contributed by atoms with Gasteiger partial charge < -0.3 is 0 Å². The van der Waals surface area contributed by atoms with Crippen LogP contribution in [0.1, 0.15) is 16.5 Å². The van der Waals surface area contributed by atoms with E-state index in [1.165, 1.54) is 5.56 Å². The van der Waals surface area contributed by atoms with Gasteiger partial charge in [-0.2, -0.15) is 0 Å². The van der Waals surface area contributed by atoms with Crippen LogP contribution in [0.25, 0.3) is 0 Å². The molecule has 0 saturated carbocycles. The molecule has 0 radical (unpaired) electrons. The largest absolute Gasteiger partial charge is 0.117 e. The summed E-state index contributed by atoms with van der Waals surface area (Å²) < 4.78 is 2.01. The van der Waals surface area contributed by atoms with Gasteiger partial charge in [0, 0.05) is 14.0 Å². The molecule has 1 atom stereocenters. The molecule has 2 aromatic rings. The maximum atomic E-state index is 6.44. The van der Waals surface area contributed by atoms with Crippen molar-refractivity contribution >= 4 is 55.1 Å². The van der Waals surface area contributed by atoms with Crippen molar-refractivity contribution in [2.45, 2.75) is 11.8 Å². The van der Waals surface area contributed by atoms with Crippen LogP contribution in [-0.4, -0.2) is 0 Å². The van der Waals surface area contributed by atoms with Crippen LogP contribution in [0.3, 0.4) is 0 Å². The molecule has 0 aromatic heterocycles. The highest BCUT2D eigenvalue weighted by atomic mass is 79.9. The molecule has 0 N–H and O–H groups in total. The van der Waals surface area contributed by atoms with E-state index in [1.807, 2.05) is 30.3 Å². The Morgan fingerprint density at radius 3 is 2.44 bits per heavy atom. The van der Waals surface area contributed by atoms with Crippen LogP contribution in [0.4, 0.5) is 0 Å². The number of rotatable bonds is 3. The molecule has 2 aromatic carbocycles. The van der Waals surface area contributed by atoms with Gasteiger partial charge in [0.05, 0.1) is 5.38 Å². The van der Waals surface area contributed by atoms with E-state index < -0.39 is 0 Å². The van der Waals surface area contributed by atoms with E-state index in [9.17, 15) is 0 Å². The summed E-state index contributed by atoms with van der Waals surface area (Å²) in [6, 6.07) is 13.9. The van der Waals surface area contributed by atoms with Gasteiger partial charge in [-0.25, -0.2) is 0 Å². The molecule has 0 aliphatic rings. The molecule has 0 amide bonds. The van der Waals surface area contributed by atoms with Gasteiger partial charge in [-0.05, 0) is 47.9 Å². The van der Waals surface area contributed by atoms with Crippen LogP contribution in [0.5, 0.6) is 0 Å². The Bertz CT molecular complexity index is 535. The number of halogens is 4. The summed E-state index contributed by atoms with van der Waals surface area (Å²) in [4.78, 5) is 0. The molecular formula is C14H10Br2Cl2. The summed E-state index contributed by atoms with van der Waals surface area (Å²) in [5, 5.41) is 0.605. The zero-order chi connectivity index (χ0) is 13.1. The maximum absolute atomic E-state index is 6.44. The van der Waals surface area contributed by atoms with Crippen molar-refractivity contribution in [1.29, 1.82) is 0 Å². The second-order valence-corrected chi connectivity index (χ2v) is 6.80. The van der Waals surface area contributed by atoms with E-state index in [2.05, 4.69) is 44.0 Å². The Morgan fingerprint density at radius 2 is 1.78 bits per heavy atom. The Balaban J connectivity index is 2.19. The van der Waals surface area contributed by atoms with Crippen molar-refractivity contribution in [3.05, 3.63) is 67.6 Å². The van der Waals surface area contributed by atoms with Crippen molar-refractivity contribution in [3.63, 3.8) is 0 Å². The monoisotopic (exact) mass is 406 g/mol. The molecule has 0 bridgehead atoms. The zero-order valence-corrected chi connectivity index (χ0v) is 14.0. The lowest BCUT2D eigenvalue weighted by Crippen LogP contribution is -1.96. The lowest BCUT2D eigenvalue weighted by atomic mass is 10.0. The van der Waals surface area contributed by atoms with Crippen molar-refractivity contribution in [3.8, 4) is 0 Å². The van der Waals surface area contributed by atoms with Gasteiger partial charge in [0.25, 0.3) is 0 Å². The maximum Gasteiger partial charge on any atom is 0.0626 e. The molecule has 0 spiro atoms. The van der Waals surface area contributed by atoms with Crippen molar-refractivity contribution < 1.29 is 0 Å². The first-order valence-corrected chi connectivity index (χ1v) is 7.79. The molecule has 0 nitrogen and oxygen atoms in total. The van der Waals surface area contributed by atoms with Crippen molar-refractivity contribution in [2.24, 2.45) is 0 Å². The highest BCUT2D eigenvalue weighted by Crippen LogP contribution is 2.30. The van der Waals surface area contributed by atoms with E-state index in [4.69, 9.17) is 23.2 Å². The predicted octanol–water partition coefficient (Wildman–Crippen LogP) is 6.39. The molecule has 0 aliphatic carbocycles. The molecule has 0 aliphatic heterocycles. The summed E-state index contributed by atoms with van der Waals surface area (Å²) in [7, 11) is 0. The van der Waals surface area contributed by atoms with Gasteiger partial charge in [-0.15, -0.1) is 11.6 Å². The van der Waals surface area contributed by atoms with Gasteiger partial charge in [0.15, 0.2) is 0 Å². The second kappa shape index (κ2) is 6.42. The molecule has 1 unspecified atom stereocenters. The van der Waals surface area contributed by atoms with Crippen LogP contribution in [0, 0.1) is 0 Å². The lowest BCUT2D eigenvalue weighted by Gasteiger charge is -2.11. The molecular weight excluding hydrogens is 399 g/mol. The van der Waals surface area contributed by atoms with Crippen molar-refractivity contribution in [1.82, 2.24) is 0 Å². The smallest absolute Gasteiger partial charge is 0.0626 e. The first-order valence-electron chi connectivity index (χ1n) is 5.39. The summed E-state index contributed by atoms with van der Waals surface area (Å²) >= 11 is 19.4. The summed E-state index contributed by atoms with van der Waals surface area (Å²) in [5.74, 6) is 0. The van der Waals surface area contributed by atoms with Gasteiger partial charge in [-0.3, -0.25) is 0 Å². The number of hydrogen-bond donors (Lipinski definition) is 0. The fraction of sp³-hybridized carbons (Fsp3) is 0.143. The highest BCUT2D eigenvalue weighted by Gasteiger charge is 2.10. The molecule has 0 fully saturated rings. The normalized spacial score (nSPS) is 12.4. The van der Waals surface area contributed by atoms with Gasteiger partial charge in [0.2, 0.25) is 0 Å². The Labute approximate surface area is 134 Å². The van der Waals surface area contributed by atoms with E-state index in [0.29, 0.717) is 5.02 Å². The molecule has 94 valence electrons. The summed E-state index contributed by atoms with van der Waals surface area (Å²) in [5.41, 5.74) is 2.22. The van der Waals surface area contributed by atoms with E-state index in [1.54, 1.807) is 0 Å². The third kappa shape index (κ3) is 3.99. The minimum atomic E-state index is -0.0886. The molecule has 18 heavy (non-hydrogen) atoms. The molecule has 0 heterocycles. The Kier molecular flexibility index (Phi) is 5.14. The minimum absolute atomic E-state index is 0.0886. The van der Waals surface area contributed by atoms with E-state index in [0.717, 1.165) is 20.9 Å². The quantitative estimate of drug-likeness (QED) is 0.516. The standard InChI is InChI=1S/C14H10Br2Cl2/c15-11-3-1-2-9(4-11)5-14(18)10-6-12(16)8-13(17)7-10/h1-4,6-8,14H,5H2. The molecule has 0 saturated heterocycles. The topological polar surface area (TPSA) is 0 Å². The fourth-order valence-corrected chi connectivity index (χ4v) is 3.38. The van der Waals surface area contributed by atoms with Crippen LogP contribution in [0.15, 0.2) is 51.4 Å². The van der Waals surface area contributed by atoms with Crippen molar-refractivity contribution in [2.75, 3.05) is 0 Å². The second-order valence-electron chi connectivity index (χ2n) is 4.00. The average molecular weight is 409 g/mol. The van der Waals surface area contributed by atoms with Crippen LogP contribution >= 0.6 is 55.1 Å². The third-order valence-electron chi connectivity index (χ3n) is 2.55. The average Bonchev–Trinajstić information content (AvgIpc) is 2.27. The summed E-state index contributed by atoms with van der Waals surface area (Å²) in [6.45, 7) is 0. The van der Waals surface area contributed by atoms with Crippen LogP contribution in [0.2, 0.25) is 5.02 Å². The Morgan fingerprint density at radius 1 is 1.00 bits per heavy atom. The molecule has 2 rings (SSSR count). The first kappa shape index (κ1) is 14.4. The van der Waals surface area contributed by atoms with Gasteiger partial charge in [0.1, 0.15) is 0 Å². The minimum Gasteiger partial charge on any atom is -0.117 e. The highest BCUT2D eigenvalue weighted by molar-refractivity contribution is 9.10. The first-order chi connectivity index (χ1) is 8.54. The fourth-order valence-electron chi connectivity index (χ4n) is 1.74. The zero-order valence-electron chi connectivity index (χ0n) is 9.34. The number of alkyl halides is 1. The number of hydrogen-bond acceptors (Lipinski definition) is 0. The van der Waals surface area contributed by atoms with E-state index >= 15 is 0 Å². The molecule has 4 heteroatoms. The summed E-state index contributed by atoms with van der Waals surface area (Å²) in [6.07, 6.45) is 0.772. The van der Waals surface area contributed by atoms with Crippen LogP contribution in [-0.2, 0) is 6.42 Å². The lowest BCUT2D eigenvalue weighted by molar-refractivity contribution is 0.918. The van der Waals surface area contributed by atoms with Gasteiger partial charge in [-0.1, -0.05) is 55.6 Å². The Hall–Kier alpha value is -0.0200. The van der Waals surface area contributed by atoms with Crippen LogP contribution < -0.4 is 0 Å². The SMILES string of the molecule is Clc1cc(Br)cc(C(Cl)Cc2cccc(Br)c2)c1. The number of benzene rings is 2. The van der Waals surface area contributed by atoms with Gasteiger partial charge >= 0.3 is 0 Å².